The van der Waals surface area contributed by atoms with Gasteiger partial charge in [-0.15, -0.1) is 0 Å². The van der Waals surface area contributed by atoms with Gasteiger partial charge in [-0.2, -0.15) is 0 Å². The molecule has 0 aromatic heterocycles. The molecule has 1 nitrogen and oxygen atoms in total. The van der Waals surface area contributed by atoms with Gasteiger partial charge < -0.3 is 0 Å². The SMILES string of the molecule is CC(C)C1CCN(CC2CC2)C2(CC2)C1. The van der Waals surface area contributed by atoms with Gasteiger partial charge in [0.2, 0.25) is 0 Å². The van der Waals surface area contributed by atoms with Crippen LogP contribution in [0.4, 0.5) is 0 Å². The van der Waals surface area contributed by atoms with Crippen molar-refractivity contribution in [3.05, 3.63) is 0 Å². The Hall–Kier alpha value is -0.0400. The van der Waals surface area contributed by atoms with Crippen molar-refractivity contribution in [2.75, 3.05) is 13.1 Å². The van der Waals surface area contributed by atoms with Crippen LogP contribution in [0, 0.1) is 17.8 Å². The van der Waals surface area contributed by atoms with Gasteiger partial charge in [0.05, 0.1) is 0 Å². The Morgan fingerprint density at radius 2 is 1.93 bits per heavy atom. The molecule has 2 aliphatic carbocycles. The smallest absolute Gasteiger partial charge is 0.0213 e. The lowest BCUT2D eigenvalue weighted by Gasteiger charge is -2.41. The molecule has 2 saturated carbocycles. The third-order valence-corrected chi connectivity index (χ3v) is 5.03. The van der Waals surface area contributed by atoms with Crippen LogP contribution in [0.15, 0.2) is 0 Å². The van der Waals surface area contributed by atoms with E-state index >= 15 is 0 Å². The Morgan fingerprint density at radius 3 is 2.47 bits per heavy atom. The molecule has 0 aromatic carbocycles. The lowest BCUT2D eigenvalue weighted by Crippen LogP contribution is -2.46. The molecule has 1 heterocycles. The van der Waals surface area contributed by atoms with Crippen LogP contribution < -0.4 is 0 Å². The second kappa shape index (κ2) is 3.48. The predicted octanol–water partition coefficient (Wildman–Crippen LogP) is 3.30. The van der Waals surface area contributed by atoms with Crippen LogP contribution in [0.2, 0.25) is 0 Å². The summed E-state index contributed by atoms with van der Waals surface area (Å²) in [6.07, 6.45) is 9.01. The number of nitrogens with zero attached hydrogens (tertiary/aromatic N) is 1. The van der Waals surface area contributed by atoms with Gasteiger partial charge >= 0.3 is 0 Å². The molecule has 1 aliphatic heterocycles. The highest BCUT2D eigenvalue weighted by molar-refractivity contribution is 5.08. The number of hydrogen-bond donors (Lipinski definition) is 0. The number of hydrogen-bond acceptors (Lipinski definition) is 1. The first-order chi connectivity index (χ1) is 7.20. The predicted molar refractivity (Wildman–Crippen MR) is 63.8 cm³/mol. The normalized spacial score (nSPS) is 35.0. The van der Waals surface area contributed by atoms with E-state index in [-0.39, 0.29) is 0 Å². The van der Waals surface area contributed by atoms with Crippen molar-refractivity contribution in [2.45, 2.75) is 57.9 Å². The van der Waals surface area contributed by atoms with E-state index in [0.29, 0.717) is 5.54 Å². The molecule has 0 N–H and O–H groups in total. The molecule has 15 heavy (non-hydrogen) atoms. The van der Waals surface area contributed by atoms with Crippen molar-refractivity contribution in [3.8, 4) is 0 Å². The Bertz CT molecular complexity index is 238. The first kappa shape index (κ1) is 10.1. The first-order valence-corrected chi connectivity index (χ1v) is 6.95. The molecule has 3 rings (SSSR count). The van der Waals surface area contributed by atoms with Crippen molar-refractivity contribution in [3.63, 3.8) is 0 Å². The fourth-order valence-electron chi connectivity index (χ4n) is 3.41. The zero-order chi connectivity index (χ0) is 10.5. The fourth-order valence-corrected chi connectivity index (χ4v) is 3.41. The standard InChI is InChI=1S/C14H25N/c1-11(2)13-5-8-15(10-12-3-4-12)14(9-13)6-7-14/h11-13H,3-10H2,1-2H3. The van der Waals surface area contributed by atoms with E-state index < -0.39 is 0 Å². The molecule has 0 aromatic rings. The van der Waals surface area contributed by atoms with Gasteiger partial charge in [0.1, 0.15) is 0 Å². The monoisotopic (exact) mass is 207 g/mol. The van der Waals surface area contributed by atoms with Gasteiger partial charge in [-0.1, -0.05) is 13.8 Å². The van der Waals surface area contributed by atoms with Gasteiger partial charge in [0, 0.05) is 12.1 Å². The molecule has 0 bridgehead atoms. The maximum absolute atomic E-state index is 2.86. The highest BCUT2D eigenvalue weighted by Crippen LogP contribution is 2.52. The summed E-state index contributed by atoms with van der Waals surface area (Å²) in [4.78, 5) is 2.86. The second-order valence-electron chi connectivity index (χ2n) is 6.61. The summed E-state index contributed by atoms with van der Waals surface area (Å²) in [6.45, 7) is 7.67. The van der Waals surface area contributed by atoms with E-state index in [0.717, 1.165) is 17.8 Å². The topological polar surface area (TPSA) is 3.24 Å². The molecule has 1 heteroatoms. The summed E-state index contributed by atoms with van der Waals surface area (Å²) in [7, 11) is 0. The number of rotatable bonds is 3. The van der Waals surface area contributed by atoms with E-state index in [4.69, 9.17) is 0 Å². The zero-order valence-electron chi connectivity index (χ0n) is 10.3. The van der Waals surface area contributed by atoms with Crippen molar-refractivity contribution in [2.24, 2.45) is 17.8 Å². The summed E-state index contributed by atoms with van der Waals surface area (Å²) in [5.41, 5.74) is 0.704. The van der Waals surface area contributed by atoms with Crippen molar-refractivity contribution >= 4 is 0 Å². The minimum atomic E-state index is 0.704. The minimum Gasteiger partial charge on any atom is -0.297 e. The largest absolute Gasteiger partial charge is 0.297 e. The summed E-state index contributed by atoms with van der Waals surface area (Å²) in [6, 6.07) is 0. The molecule has 1 unspecified atom stereocenters. The van der Waals surface area contributed by atoms with Crippen molar-refractivity contribution in [1.82, 2.24) is 4.90 Å². The molecule has 1 atom stereocenters. The molecule has 1 saturated heterocycles. The molecule has 86 valence electrons. The second-order valence-corrected chi connectivity index (χ2v) is 6.61. The van der Waals surface area contributed by atoms with E-state index in [9.17, 15) is 0 Å². The lowest BCUT2D eigenvalue weighted by atomic mass is 9.81. The highest BCUT2D eigenvalue weighted by Gasteiger charge is 2.52. The molecular formula is C14H25N. The Labute approximate surface area is 94.2 Å². The van der Waals surface area contributed by atoms with Gasteiger partial charge in [0.15, 0.2) is 0 Å². The van der Waals surface area contributed by atoms with Gasteiger partial charge in [-0.25, -0.2) is 0 Å². The van der Waals surface area contributed by atoms with E-state index in [1.807, 2.05) is 0 Å². The van der Waals surface area contributed by atoms with Crippen LogP contribution in [-0.4, -0.2) is 23.5 Å². The van der Waals surface area contributed by atoms with Crippen molar-refractivity contribution in [1.29, 1.82) is 0 Å². The molecule has 0 amide bonds. The van der Waals surface area contributed by atoms with Crippen molar-refractivity contribution < 1.29 is 0 Å². The van der Waals surface area contributed by atoms with Gasteiger partial charge in [0.25, 0.3) is 0 Å². The Balaban J connectivity index is 1.62. The van der Waals surface area contributed by atoms with Crippen LogP contribution in [0.3, 0.4) is 0 Å². The first-order valence-electron chi connectivity index (χ1n) is 6.95. The van der Waals surface area contributed by atoms with E-state index in [1.54, 1.807) is 0 Å². The third-order valence-electron chi connectivity index (χ3n) is 5.03. The summed E-state index contributed by atoms with van der Waals surface area (Å²) >= 11 is 0. The van der Waals surface area contributed by atoms with E-state index in [1.165, 1.54) is 51.6 Å². The number of likely N-dealkylation sites (tertiary alicyclic amines) is 1. The van der Waals surface area contributed by atoms with Crippen LogP contribution in [-0.2, 0) is 0 Å². The highest BCUT2D eigenvalue weighted by atomic mass is 15.2. The Morgan fingerprint density at radius 1 is 1.20 bits per heavy atom. The maximum atomic E-state index is 2.86. The van der Waals surface area contributed by atoms with Crippen LogP contribution in [0.5, 0.6) is 0 Å². The van der Waals surface area contributed by atoms with Crippen LogP contribution in [0.1, 0.15) is 52.4 Å². The fraction of sp³-hybridized carbons (Fsp3) is 1.00. The maximum Gasteiger partial charge on any atom is 0.0213 e. The summed E-state index contributed by atoms with van der Waals surface area (Å²) in [5.74, 6) is 3.01. The molecule has 1 spiro atoms. The number of piperidine rings is 1. The summed E-state index contributed by atoms with van der Waals surface area (Å²) in [5, 5.41) is 0. The quantitative estimate of drug-likeness (QED) is 0.686. The minimum absolute atomic E-state index is 0.704. The third kappa shape index (κ3) is 1.95. The van der Waals surface area contributed by atoms with Gasteiger partial charge in [-0.3, -0.25) is 4.90 Å². The average molecular weight is 207 g/mol. The summed E-state index contributed by atoms with van der Waals surface area (Å²) < 4.78 is 0. The average Bonchev–Trinajstić information content (AvgIpc) is 3.05. The van der Waals surface area contributed by atoms with E-state index in [2.05, 4.69) is 18.7 Å². The lowest BCUT2D eigenvalue weighted by molar-refractivity contribution is 0.0721. The molecule has 3 fully saturated rings. The van der Waals surface area contributed by atoms with Gasteiger partial charge in [-0.05, 0) is 62.8 Å². The zero-order valence-corrected chi connectivity index (χ0v) is 10.3. The van der Waals surface area contributed by atoms with Crippen LogP contribution >= 0.6 is 0 Å². The molecule has 3 aliphatic rings. The van der Waals surface area contributed by atoms with Crippen LogP contribution in [0.25, 0.3) is 0 Å². The molecule has 0 radical (unpaired) electrons. The Kier molecular flexibility index (Phi) is 2.35. The molecular weight excluding hydrogens is 182 g/mol.